The van der Waals surface area contributed by atoms with Crippen LogP contribution in [0.1, 0.15) is 0 Å². The van der Waals surface area contributed by atoms with E-state index >= 15 is 0 Å². The van der Waals surface area contributed by atoms with Crippen molar-refractivity contribution in [2.45, 2.75) is 0 Å². The van der Waals surface area contributed by atoms with E-state index in [0.717, 1.165) is 50.2 Å². The smallest absolute Gasteiger partial charge is 0.164 e. The Morgan fingerprint density at radius 3 is 1.47 bits per heavy atom. The fourth-order valence-corrected chi connectivity index (χ4v) is 10.1. The molecule has 3 heterocycles. The second-order valence-corrected chi connectivity index (χ2v) is 16.7. The minimum absolute atomic E-state index is 0.617. The Bertz CT molecular complexity index is 3570. The third kappa shape index (κ3) is 6.26. The van der Waals surface area contributed by atoms with Crippen LogP contribution in [0.3, 0.4) is 0 Å². The largest absolute Gasteiger partial charge is 0.309 e. The molecule has 0 aliphatic carbocycles. The Kier molecular flexibility index (Phi) is 8.65. The number of rotatable bonds is 7. The van der Waals surface area contributed by atoms with Gasteiger partial charge >= 0.3 is 0 Å². The average molecular weight is 809 g/mol. The zero-order valence-electron chi connectivity index (χ0n) is 33.5. The fraction of sp³-hybridized carbons (Fsp3) is 0. The quantitative estimate of drug-likeness (QED) is 0.161. The van der Waals surface area contributed by atoms with Gasteiger partial charge < -0.3 is 4.57 Å². The van der Waals surface area contributed by atoms with E-state index in [1.54, 1.807) is 0 Å². The second-order valence-electron chi connectivity index (χ2n) is 15.6. The van der Waals surface area contributed by atoms with Crippen molar-refractivity contribution in [3.63, 3.8) is 0 Å². The van der Waals surface area contributed by atoms with Gasteiger partial charge in [-0.2, -0.15) is 0 Å². The summed E-state index contributed by atoms with van der Waals surface area (Å²) in [6.45, 7) is 0. The van der Waals surface area contributed by atoms with E-state index in [2.05, 4.69) is 187 Å². The lowest BCUT2D eigenvalue weighted by Crippen LogP contribution is -2.00. The van der Waals surface area contributed by atoms with E-state index in [4.69, 9.17) is 15.0 Å². The van der Waals surface area contributed by atoms with Crippen molar-refractivity contribution >= 4 is 53.3 Å². The number of hydrogen-bond acceptors (Lipinski definition) is 4. The minimum Gasteiger partial charge on any atom is -0.309 e. The summed E-state index contributed by atoms with van der Waals surface area (Å²) in [5.74, 6) is 1.88. The highest BCUT2D eigenvalue weighted by Gasteiger charge is 2.19. The van der Waals surface area contributed by atoms with Crippen molar-refractivity contribution in [1.82, 2.24) is 19.5 Å². The van der Waals surface area contributed by atoms with Gasteiger partial charge in [0.2, 0.25) is 0 Å². The topological polar surface area (TPSA) is 43.6 Å². The molecule has 0 fully saturated rings. The summed E-state index contributed by atoms with van der Waals surface area (Å²) >= 11 is 1.88. The SMILES string of the molecule is c1ccc(-c2cccc(-c3cc(-c4cccc(-n5c6ccccc6c6c7sc8ccccc8c7ccc65)c4)cc(-c4nc(-c5ccccc5)nc(-c5ccccc5)n4)c3)c2)cc1. The number of benzene rings is 9. The molecule has 3 aromatic heterocycles. The molecule has 0 bridgehead atoms. The number of para-hydroxylation sites is 1. The van der Waals surface area contributed by atoms with Crippen molar-refractivity contribution in [1.29, 1.82) is 0 Å². The number of nitrogens with zero attached hydrogens (tertiary/aromatic N) is 4. The summed E-state index contributed by atoms with van der Waals surface area (Å²) in [4.78, 5) is 15.4. The maximum Gasteiger partial charge on any atom is 0.164 e. The Balaban J connectivity index is 1.07. The highest BCUT2D eigenvalue weighted by Crippen LogP contribution is 2.44. The Hall–Kier alpha value is -7.99. The van der Waals surface area contributed by atoms with Crippen LogP contribution >= 0.6 is 11.3 Å². The molecule has 0 radical (unpaired) electrons. The second kappa shape index (κ2) is 14.9. The van der Waals surface area contributed by atoms with Crippen molar-refractivity contribution in [3.05, 3.63) is 218 Å². The van der Waals surface area contributed by atoms with Gasteiger partial charge in [0.1, 0.15) is 0 Å². The van der Waals surface area contributed by atoms with E-state index in [0.29, 0.717) is 17.5 Å². The normalized spacial score (nSPS) is 11.5. The molecule has 5 heteroatoms. The van der Waals surface area contributed by atoms with Crippen molar-refractivity contribution in [2.24, 2.45) is 0 Å². The maximum atomic E-state index is 5.18. The molecule has 12 rings (SSSR count). The third-order valence-electron chi connectivity index (χ3n) is 11.8. The number of thiophene rings is 1. The Labute approximate surface area is 362 Å². The van der Waals surface area contributed by atoms with Crippen molar-refractivity contribution in [2.75, 3.05) is 0 Å². The molecule has 0 N–H and O–H groups in total. The lowest BCUT2D eigenvalue weighted by atomic mass is 9.93. The van der Waals surface area contributed by atoms with Gasteiger partial charge in [-0.1, -0.05) is 164 Å². The number of hydrogen-bond donors (Lipinski definition) is 0. The first-order valence-corrected chi connectivity index (χ1v) is 21.7. The highest BCUT2D eigenvalue weighted by atomic mass is 32.1. The lowest BCUT2D eigenvalue weighted by molar-refractivity contribution is 1.07. The molecule has 0 saturated heterocycles. The van der Waals surface area contributed by atoms with Gasteiger partial charge in [0.15, 0.2) is 17.5 Å². The first kappa shape index (κ1) is 35.9. The molecule has 4 nitrogen and oxygen atoms in total. The maximum absolute atomic E-state index is 5.18. The average Bonchev–Trinajstić information content (AvgIpc) is 3.91. The molecule has 290 valence electrons. The van der Waals surface area contributed by atoms with E-state index in [-0.39, 0.29) is 0 Å². The Morgan fingerprint density at radius 2 is 0.790 bits per heavy atom. The van der Waals surface area contributed by atoms with Crippen LogP contribution in [-0.4, -0.2) is 19.5 Å². The zero-order valence-corrected chi connectivity index (χ0v) is 34.3. The first-order valence-electron chi connectivity index (χ1n) is 20.8. The molecule has 0 spiro atoms. The number of fused-ring (bicyclic) bond motifs is 7. The summed E-state index contributed by atoms with van der Waals surface area (Å²) in [6.07, 6.45) is 0. The minimum atomic E-state index is 0.617. The molecule has 0 saturated carbocycles. The molecular weight excluding hydrogens is 773 g/mol. The van der Waals surface area contributed by atoms with Crippen molar-refractivity contribution < 1.29 is 0 Å². The molecule has 0 atom stereocenters. The van der Waals surface area contributed by atoms with Crippen LogP contribution in [0.2, 0.25) is 0 Å². The van der Waals surface area contributed by atoms with Crippen LogP contribution in [-0.2, 0) is 0 Å². The summed E-state index contributed by atoms with van der Waals surface area (Å²) < 4.78 is 5.06. The predicted molar refractivity (Wildman–Crippen MR) is 260 cm³/mol. The lowest BCUT2D eigenvalue weighted by Gasteiger charge is -2.14. The summed E-state index contributed by atoms with van der Waals surface area (Å²) in [5.41, 5.74) is 13.0. The molecule has 62 heavy (non-hydrogen) atoms. The summed E-state index contributed by atoms with van der Waals surface area (Å²) in [6, 6.07) is 77.5. The van der Waals surface area contributed by atoms with E-state index in [1.165, 1.54) is 47.5 Å². The van der Waals surface area contributed by atoms with Gasteiger partial charge in [0.05, 0.1) is 11.0 Å². The molecule has 0 amide bonds. The van der Waals surface area contributed by atoms with Crippen LogP contribution in [0.5, 0.6) is 0 Å². The van der Waals surface area contributed by atoms with Crippen LogP contribution in [0.15, 0.2) is 218 Å². The monoisotopic (exact) mass is 808 g/mol. The number of aromatic nitrogens is 4. The molecule has 0 aliphatic heterocycles. The molecule has 0 aliphatic rings. The molecule has 9 aromatic carbocycles. The van der Waals surface area contributed by atoms with Crippen LogP contribution in [0.25, 0.3) is 115 Å². The van der Waals surface area contributed by atoms with E-state index in [1.807, 2.05) is 47.7 Å². The third-order valence-corrected chi connectivity index (χ3v) is 13.0. The van der Waals surface area contributed by atoms with Gasteiger partial charge in [-0.25, -0.2) is 15.0 Å². The summed E-state index contributed by atoms with van der Waals surface area (Å²) in [5, 5.41) is 5.17. The van der Waals surface area contributed by atoms with Crippen molar-refractivity contribution in [3.8, 4) is 73.2 Å². The van der Waals surface area contributed by atoms with Gasteiger partial charge in [-0.3, -0.25) is 0 Å². The first-order chi connectivity index (χ1) is 30.7. The van der Waals surface area contributed by atoms with E-state index < -0.39 is 0 Å². The van der Waals surface area contributed by atoms with Gasteiger partial charge in [0.25, 0.3) is 0 Å². The van der Waals surface area contributed by atoms with Crippen LogP contribution in [0, 0.1) is 0 Å². The molecular formula is C57H36N4S. The highest BCUT2D eigenvalue weighted by molar-refractivity contribution is 7.26. The standard InChI is InChI=1S/C57H36N4S/c1-4-16-37(17-5-1)40-22-14-23-41(32-40)43-33-44(35-45(34-43)57-59-55(38-18-6-2-7-19-38)58-56(60-57)39-20-8-3-9-21-39)42-24-15-25-46(36-42)61-50-28-12-10-27-49(50)53-51(61)31-30-48-47-26-11-13-29-52(47)62-54(48)53/h1-36H. The van der Waals surface area contributed by atoms with E-state index in [9.17, 15) is 0 Å². The fourth-order valence-electron chi connectivity index (χ4n) is 8.87. The van der Waals surface area contributed by atoms with Gasteiger partial charge in [0, 0.05) is 53.3 Å². The zero-order chi connectivity index (χ0) is 41.0. The predicted octanol–water partition coefficient (Wildman–Crippen LogP) is 15.3. The van der Waals surface area contributed by atoms with Gasteiger partial charge in [-0.15, -0.1) is 11.3 Å². The summed E-state index contributed by atoms with van der Waals surface area (Å²) in [7, 11) is 0. The van der Waals surface area contributed by atoms with Crippen LogP contribution in [0.4, 0.5) is 0 Å². The molecule has 0 unspecified atom stereocenters. The van der Waals surface area contributed by atoms with Crippen LogP contribution < -0.4 is 0 Å². The van der Waals surface area contributed by atoms with Gasteiger partial charge in [-0.05, 0) is 88.0 Å². The molecule has 12 aromatic rings. The Morgan fingerprint density at radius 1 is 0.306 bits per heavy atom.